The van der Waals surface area contributed by atoms with E-state index in [1.54, 1.807) is 20.8 Å². The number of hydrogen-bond donors (Lipinski definition) is 2. The summed E-state index contributed by atoms with van der Waals surface area (Å²) in [4.78, 5) is 21.1. The van der Waals surface area contributed by atoms with E-state index in [1.165, 1.54) is 5.69 Å². The third kappa shape index (κ3) is 5.35. The highest BCUT2D eigenvalue weighted by Gasteiger charge is 2.38. The molecule has 2 aromatic rings. The van der Waals surface area contributed by atoms with Gasteiger partial charge < -0.3 is 19.6 Å². The van der Waals surface area contributed by atoms with E-state index in [1.807, 2.05) is 17.3 Å². The number of likely N-dealkylation sites (tertiary alicyclic amines) is 1. The average molecular weight is 493 g/mol. The number of amides is 2. The monoisotopic (exact) mass is 492 g/mol. The first kappa shape index (κ1) is 24.5. The molecule has 11 heteroatoms. The van der Waals surface area contributed by atoms with E-state index in [9.17, 15) is 13.2 Å². The van der Waals surface area contributed by atoms with Crippen LogP contribution in [0.15, 0.2) is 33.9 Å². The molecule has 2 saturated heterocycles. The van der Waals surface area contributed by atoms with Gasteiger partial charge in [-0.25, -0.2) is 17.9 Å². The van der Waals surface area contributed by atoms with Gasteiger partial charge in [-0.3, -0.25) is 4.98 Å². The lowest BCUT2D eigenvalue weighted by atomic mass is 9.71. The van der Waals surface area contributed by atoms with Gasteiger partial charge in [0.25, 0.3) is 0 Å². The molecule has 2 fully saturated rings. The van der Waals surface area contributed by atoms with Crippen molar-refractivity contribution >= 4 is 21.7 Å². The fourth-order valence-electron chi connectivity index (χ4n) is 5.05. The first-order chi connectivity index (χ1) is 16.2. The van der Waals surface area contributed by atoms with Crippen molar-refractivity contribution in [1.82, 2.24) is 25.1 Å². The molecular formula is C23H36N6O4S. The molecule has 2 aliphatic heterocycles. The number of nitrogens with one attached hydrogen (secondary N) is 2. The van der Waals surface area contributed by atoms with E-state index in [2.05, 4.69) is 37.2 Å². The molecule has 34 heavy (non-hydrogen) atoms. The zero-order chi connectivity index (χ0) is 24.3. The van der Waals surface area contributed by atoms with Crippen molar-refractivity contribution in [3.8, 4) is 0 Å². The number of anilines is 1. The Kier molecular flexibility index (Phi) is 7.13. The van der Waals surface area contributed by atoms with Crippen molar-refractivity contribution in [2.75, 3.05) is 37.6 Å². The molecule has 4 heterocycles. The molecule has 4 rings (SSSR count). The summed E-state index contributed by atoms with van der Waals surface area (Å²) in [5.74, 6) is 0.245. The molecule has 0 aliphatic carbocycles. The van der Waals surface area contributed by atoms with Gasteiger partial charge in [0.05, 0.1) is 0 Å². The molecule has 0 bridgehead atoms. The number of nitrogens with zero attached hydrogens (tertiary/aromatic N) is 4. The van der Waals surface area contributed by atoms with Crippen molar-refractivity contribution in [3.63, 3.8) is 0 Å². The molecule has 1 spiro atoms. The lowest BCUT2D eigenvalue weighted by Crippen LogP contribution is -2.52. The van der Waals surface area contributed by atoms with Crippen LogP contribution in [0.25, 0.3) is 0 Å². The van der Waals surface area contributed by atoms with E-state index in [-0.39, 0.29) is 24.7 Å². The second-order valence-electron chi connectivity index (χ2n) is 9.54. The lowest BCUT2D eigenvalue weighted by molar-refractivity contribution is 0.0934. The van der Waals surface area contributed by atoms with Crippen molar-refractivity contribution in [2.24, 2.45) is 5.41 Å². The maximum Gasteiger partial charge on any atom is 0.317 e. The van der Waals surface area contributed by atoms with Crippen LogP contribution in [-0.2, 0) is 10.0 Å². The highest BCUT2D eigenvalue weighted by Crippen LogP contribution is 2.42. The van der Waals surface area contributed by atoms with Gasteiger partial charge in [0.2, 0.25) is 10.0 Å². The quantitative estimate of drug-likeness (QED) is 0.636. The Morgan fingerprint density at radius 1 is 1.15 bits per heavy atom. The average Bonchev–Trinajstić information content (AvgIpc) is 3.17. The van der Waals surface area contributed by atoms with Crippen LogP contribution >= 0.6 is 0 Å². The maximum atomic E-state index is 12.7. The Hall–Kier alpha value is -2.66. The Morgan fingerprint density at radius 3 is 2.35 bits per heavy atom. The van der Waals surface area contributed by atoms with Crippen molar-refractivity contribution in [1.29, 1.82) is 0 Å². The summed E-state index contributed by atoms with van der Waals surface area (Å²) in [6.07, 6.45) is 7.92. The van der Waals surface area contributed by atoms with Gasteiger partial charge in [0.1, 0.15) is 10.6 Å². The van der Waals surface area contributed by atoms with Crippen LogP contribution in [-0.4, -0.2) is 68.3 Å². The normalized spacial score (nSPS) is 19.3. The predicted molar refractivity (Wildman–Crippen MR) is 130 cm³/mol. The Bertz CT molecular complexity index is 1070. The minimum Gasteiger partial charge on any atom is -0.371 e. The van der Waals surface area contributed by atoms with Crippen LogP contribution in [0.3, 0.4) is 0 Å². The highest BCUT2D eigenvalue weighted by molar-refractivity contribution is 7.89. The smallest absolute Gasteiger partial charge is 0.317 e. The number of pyridine rings is 1. The van der Waals surface area contributed by atoms with Gasteiger partial charge in [0.15, 0.2) is 5.76 Å². The Labute approximate surface area is 202 Å². The number of urea groups is 1. The van der Waals surface area contributed by atoms with Crippen molar-refractivity contribution in [2.45, 2.75) is 57.4 Å². The number of sulfonamides is 1. The molecule has 0 unspecified atom stereocenters. The Morgan fingerprint density at radius 2 is 1.76 bits per heavy atom. The van der Waals surface area contributed by atoms with Crippen molar-refractivity contribution in [3.05, 3.63) is 36.0 Å². The molecule has 2 amide bonds. The van der Waals surface area contributed by atoms with Crippen LogP contribution < -0.4 is 14.9 Å². The molecule has 2 aliphatic rings. The van der Waals surface area contributed by atoms with Gasteiger partial charge in [-0.15, -0.1) is 0 Å². The summed E-state index contributed by atoms with van der Waals surface area (Å²) in [6, 6.07) is 3.49. The van der Waals surface area contributed by atoms with Crippen LogP contribution in [0, 0.1) is 19.3 Å². The number of rotatable bonds is 6. The number of aromatic nitrogens is 2. The summed E-state index contributed by atoms with van der Waals surface area (Å²) in [5, 5.41) is 6.58. The number of carbonyl (C=O) groups excluding carboxylic acids is 1. The summed E-state index contributed by atoms with van der Waals surface area (Å²) in [6.45, 7) is 8.57. The topological polar surface area (TPSA) is 121 Å². The Balaban J connectivity index is 0.00000342. The lowest BCUT2D eigenvalue weighted by Gasteiger charge is -2.47. The molecule has 1 atom stereocenters. The fourth-order valence-corrected chi connectivity index (χ4v) is 6.63. The fraction of sp³-hybridized carbons (Fsp3) is 0.609. The summed E-state index contributed by atoms with van der Waals surface area (Å²) < 4.78 is 32.8. The first-order valence-corrected chi connectivity index (χ1v) is 13.3. The number of carbonyl (C=O) groups is 1. The molecule has 2 N–H and O–H groups in total. The molecule has 2 aromatic heterocycles. The molecule has 0 aromatic carbocycles. The minimum absolute atomic E-state index is 0. The predicted octanol–water partition coefficient (Wildman–Crippen LogP) is 2.69. The number of piperidine rings is 2. The number of hydrogen-bond acceptors (Lipinski definition) is 7. The van der Waals surface area contributed by atoms with Gasteiger partial charge >= 0.3 is 6.03 Å². The molecular weight excluding hydrogens is 456 g/mol. The minimum atomic E-state index is -3.77. The maximum absolute atomic E-state index is 12.7. The molecule has 188 valence electrons. The van der Waals surface area contributed by atoms with Crippen molar-refractivity contribution < 1.29 is 19.2 Å². The van der Waals surface area contributed by atoms with Gasteiger partial charge in [-0.2, -0.15) is 0 Å². The second-order valence-corrected chi connectivity index (χ2v) is 11.2. The van der Waals surface area contributed by atoms with E-state index in [0.29, 0.717) is 11.1 Å². The third-order valence-corrected chi connectivity index (χ3v) is 8.95. The van der Waals surface area contributed by atoms with E-state index >= 15 is 0 Å². The molecule has 10 nitrogen and oxygen atoms in total. The third-order valence-electron chi connectivity index (χ3n) is 7.12. The second kappa shape index (κ2) is 9.91. The van der Waals surface area contributed by atoms with Crippen LogP contribution in [0.4, 0.5) is 10.5 Å². The van der Waals surface area contributed by atoms with Gasteiger partial charge in [-0.1, -0.05) is 5.16 Å². The highest BCUT2D eigenvalue weighted by atomic mass is 32.2. The summed E-state index contributed by atoms with van der Waals surface area (Å²) in [5.41, 5.74) is 1.84. The zero-order valence-corrected chi connectivity index (χ0v) is 20.9. The van der Waals surface area contributed by atoms with E-state index in [4.69, 9.17) is 4.52 Å². The van der Waals surface area contributed by atoms with Crippen LogP contribution in [0.2, 0.25) is 0 Å². The molecule has 0 radical (unpaired) electrons. The first-order valence-electron chi connectivity index (χ1n) is 11.8. The summed E-state index contributed by atoms with van der Waals surface area (Å²) >= 11 is 0. The SMILES string of the molecule is Cc1noc(C)c1S(=O)(=O)N[C@H](C)CNC(=O)N1CCC2(CC1)CCN(c1ccncc1)CC2.[HH]. The molecule has 0 saturated carbocycles. The largest absolute Gasteiger partial charge is 0.371 e. The van der Waals surface area contributed by atoms with E-state index < -0.39 is 16.1 Å². The van der Waals surface area contributed by atoms with Crippen LogP contribution in [0.5, 0.6) is 0 Å². The zero-order valence-electron chi connectivity index (χ0n) is 20.1. The van der Waals surface area contributed by atoms with E-state index in [0.717, 1.165) is 51.9 Å². The summed E-state index contributed by atoms with van der Waals surface area (Å²) in [7, 11) is -3.77. The van der Waals surface area contributed by atoms with Gasteiger partial charge in [0, 0.05) is 58.3 Å². The van der Waals surface area contributed by atoms with Gasteiger partial charge in [-0.05, 0) is 64.0 Å². The van der Waals surface area contributed by atoms with Crippen LogP contribution in [0.1, 0.15) is 45.5 Å². The number of aryl methyl sites for hydroxylation is 2. The standard InChI is InChI=1S/C23H34N6O4S.H2/c1-17(27-34(31,32)21-18(2)26-33-19(21)3)16-25-22(30)29-14-8-23(9-15-29)6-12-28(13-7-23)20-4-10-24-11-5-20;/h4-5,10-11,17,27H,6-9,12-16H2,1-3H3,(H,25,30);1H/t17-;/m1./s1.